The van der Waals surface area contributed by atoms with Gasteiger partial charge in [0.05, 0.1) is 6.04 Å². The van der Waals surface area contributed by atoms with Crippen molar-refractivity contribution in [2.75, 3.05) is 20.1 Å². The van der Waals surface area contributed by atoms with Crippen molar-refractivity contribution in [3.63, 3.8) is 0 Å². The third kappa shape index (κ3) is 2.99. The lowest BCUT2D eigenvalue weighted by Gasteiger charge is -2.27. The number of rotatable bonds is 4. The number of likely N-dealkylation sites (N-methyl/N-ethyl adjacent to an activating group) is 1. The van der Waals surface area contributed by atoms with Crippen molar-refractivity contribution in [3.05, 3.63) is 35.4 Å². The third-order valence-corrected chi connectivity index (χ3v) is 3.82. The van der Waals surface area contributed by atoms with Gasteiger partial charge in [-0.25, -0.2) is 4.79 Å². The Morgan fingerprint density at radius 1 is 1.45 bits per heavy atom. The molecule has 1 N–H and O–H groups in total. The van der Waals surface area contributed by atoms with Crippen LogP contribution in [-0.2, 0) is 11.3 Å². The van der Waals surface area contributed by atoms with E-state index >= 15 is 0 Å². The zero-order chi connectivity index (χ0) is 14.7. The Labute approximate surface area is 119 Å². The number of amides is 3. The molecule has 0 radical (unpaired) electrons. The predicted molar refractivity (Wildman–Crippen MR) is 77.2 cm³/mol. The van der Waals surface area contributed by atoms with Crippen LogP contribution >= 0.6 is 0 Å². The molecule has 1 aromatic carbocycles. The minimum absolute atomic E-state index is 0.143. The molecule has 1 unspecified atom stereocenters. The summed E-state index contributed by atoms with van der Waals surface area (Å²) in [5, 5.41) is 2.65. The molecule has 2 rings (SSSR count). The summed E-state index contributed by atoms with van der Waals surface area (Å²) in [6.45, 7) is 5.59. The fourth-order valence-electron chi connectivity index (χ4n) is 2.29. The Hall–Kier alpha value is -1.88. The Morgan fingerprint density at radius 3 is 2.75 bits per heavy atom. The molecule has 0 spiro atoms. The minimum atomic E-state index is -0.321. The highest BCUT2D eigenvalue weighted by Gasteiger charge is 2.31. The second-order valence-corrected chi connectivity index (χ2v) is 5.24. The van der Waals surface area contributed by atoms with Crippen LogP contribution in [0.3, 0.4) is 0 Å². The number of nitrogens with zero attached hydrogens (tertiary/aromatic N) is 2. The van der Waals surface area contributed by atoms with Crippen molar-refractivity contribution in [3.8, 4) is 0 Å². The fraction of sp³-hybridized carbons (Fsp3) is 0.467. The Balaban J connectivity index is 2.01. The molecule has 0 bridgehead atoms. The number of urea groups is 1. The Morgan fingerprint density at radius 2 is 2.15 bits per heavy atom. The maximum atomic E-state index is 12.3. The maximum Gasteiger partial charge on any atom is 0.324 e. The van der Waals surface area contributed by atoms with Gasteiger partial charge < -0.3 is 5.32 Å². The molecule has 1 atom stereocenters. The molecule has 1 heterocycles. The van der Waals surface area contributed by atoms with Crippen molar-refractivity contribution < 1.29 is 9.59 Å². The van der Waals surface area contributed by atoms with Gasteiger partial charge in [-0.2, -0.15) is 0 Å². The van der Waals surface area contributed by atoms with E-state index in [0.29, 0.717) is 19.6 Å². The molecule has 1 aliphatic heterocycles. The van der Waals surface area contributed by atoms with E-state index in [0.717, 1.165) is 0 Å². The highest BCUT2D eigenvalue weighted by Crippen LogP contribution is 2.13. The molecular formula is C15H21N3O2. The van der Waals surface area contributed by atoms with E-state index in [2.05, 4.69) is 24.4 Å². The number of nitrogens with one attached hydrogen (secondary N) is 1. The van der Waals surface area contributed by atoms with Crippen molar-refractivity contribution in [2.24, 2.45) is 0 Å². The molecule has 1 aliphatic rings. The zero-order valence-electron chi connectivity index (χ0n) is 12.2. The second kappa shape index (κ2) is 6.05. The molecule has 108 valence electrons. The molecular weight excluding hydrogens is 254 g/mol. The second-order valence-electron chi connectivity index (χ2n) is 5.24. The molecule has 1 aromatic rings. The smallest absolute Gasteiger partial charge is 0.324 e. The van der Waals surface area contributed by atoms with Gasteiger partial charge in [-0.05, 0) is 32.0 Å². The lowest BCUT2D eigenvalue weighted by Crippen LogP contribution is -2.46. The number of imide groups is 1. The van der Waals surface area contributed by atoms with Crippen LogP contribution in [0.15, 0.2) is 24.3 Å². The molecule has 1 saturated heterocycles. The van der Waals surface area contributed by atoms with Crippen LogP contribution in [0.2, 0.25) is 0 Å². The van der Waals surface area contributed by atoms with Crippen LogP contribution in [0.25, 0.3) is 0 Å². The van der Waals surface area contributed by atoms with Gasteiger partial charge >= 0.3 is 6.03 Å². The summed E-state index contributed by atoms with van der Waals surface area (Å²) >= 11 is 0. The summed E-state index contributed by atoms with van der Waals surface area (Å²) in [6.07, 6.45) is 0. The summed E-state index contributed by atoms with van der Waals surface area (Å²) in [7, 11) is 1.91. The molecule has 0 saturated carbocycles. The largest absolute Gasteiger partial charge is 0.336 e. The monoisotopic (exact) mass is 275 g/mol. The molecule has 20 heavy (non-hydrogen) atoms. The highest BCUT2D eigenvalue weighted by atomic mass is 16.2. The van der Waals surface area contributed by atoms with Crippen molar-refractivity contribution in [1.29, 1.82) is 0 Å². The fourth-order valence-corrected chi connectivity index (χ4v) is 2.29. The quantitative estimate of drug-likeness (QED) is 0.903. The molecule has 5 heteroatoms. The van der Waals surface area contributed by atoms with Gasteiger partial charge in [0.15, 0.2) is 0 Å². The molecule has 1 fully saturated rings. The van der Waals surface area contributed by atoms with E-state index in [9.17, 15) is 9.59 Å². The zero-order valence-corrected chi connectivity index (χ0v) is 12.2. The number of hydrogen-bond acceptors (Lipinski definition) is 3. The number of carbonyl (C=O) groups excluding carboxylic acids is 2. The number of aryl methyl sites for hydroxylation is 1. The van der Waals surface area contributed by atoms with Crippen molar-refractivity contribution >= 4 is 11.9 Å². The van der Waals surface area contributed by atoms with E-state index in [4.69, 9.17) is 0 Å². The lowest BCUT2D eigenvalue weighted by molar-refractivity contribution is -0.132. The van der Waals surface area contributed by atoms with E-state index in [1.165, 1.54) is 16.0 Å². The van der Waals surface area contributed by atoms with Crippen LogP contribution in [0.5, 0.6) is 0 Å². The van der Waals surface area contributed by atoms with Gasteiger partial charge in [0.2, 0.25) is 5.91 Å². The summed E-state index contributed by atoms with van der Waals surface area (Å²) in [5.74, 6) is -0.143. The van der Waals surface area contributed by atoms with Gasteiger partial charge in [0.1, 0.15) is 0 Å². The van der Waals surface area contributed by atoms with Gasteiger partial charge in [0, 0.05) is 19.6 Å². The Bertz CT molecular complexity index is 516. The average Bonchev–Trinajstić information content (AvgIpc) is 2.86. The average molecular weight is 275 g/mol. The van der Waals surface area contributed by atoms with Gasteiger partial charge in [-0.1, -0.05) is 24.3 Å². The van der Waals surface area contributed by atoms with Crippen LogP contribution < -0.4 is 5.32 Å². The first-order valence-corrected chi connectivity index (χ1v) is 6.84. The predicted octanol–water partition coefficient (Wildman–Crippen LogP) is 1.37. The summed E-state index contributed by atoms with van der Waals surface area (Å²) in [4.78, 5) is 27.1. The standard InChI is InChI=1S/C15H21N3O2/c1-11-6-4-5-7-13(11)10-17(3)12(2)14(19)18-9-8-16-15(18)20/h4-7,12H,8-10H2,1-3H3,(H,16,20). The van der Waals surface area contributed by atoms with Crippen molar-refractivity contribution in [1.82, 2.24) is 15.1 Å². The van der Waals surface area contributed by atoms with Crippen molar-refractivity contribution in [2.45, 2.75) is 26.4 Å². The number of benzene rings is 1. The third-order valence-electron chi connectivity index (χ3n) is 3.82. The van der Waals surface area contributed by atoms with E-state index < -0.39 is 0 Å². The van der Waals surface area contributed by atoms with Crippen LogP contribution in [0, 0.1) is 6.92 Å². The normalized spacial score (nSPS) is 16.4. The van der Waals surface area contributed by atoms with E-state index in [1.54, 1.807) is 0 Å². The van der Waals surface area contributed by atoms with Crippen LogP contribution in [0.1, 0.15) is 18.1 Å². The SMILES string of the molecule is Cc1ccccc1CN(C)C(C)C(=O)N1CCNC1=O. The minimum Gasteiger partial charge on any atom is -0.336 e. The lowest BCUT2D eigenvalue weighted by atomic mass is 10.1. The van der Waals surface area contributed by atoms with E-state index in [1.807, 2.05) is 31.0 Å². The van der Waals surface area contributed by atoms with Gasteiger partial charge in [-0.3, -0.25) is 14.6 Å². The Kier molecular flexibility index (Phi) is 4.39. The molecule has 0 aromatic heterocycles. The van der Waals surface area contributed by atoms with Crippen LogP contribution in [0.4, 0.5) is 4.79 Å². The molecule has 3 amide bonds. The first kappa shape index (κ1) is 14.5. The number of carbonyl (C=O) groups is 2. The van der Waals surface area contributed by atoms with Gasteiger partial charge in [0.25, 0.3) is 0 Å². The molecule has 5 nitrogen and oxygen atoms in total. The first-order valence-electron chi connectivity index (χ1n) is 6.84. The summed E-state index contributed by atoms with van der Waals surface area (Å²) in [6, 6.07) is 7.51. The first-order chi connectivity index (χ1) is 9.50. The molecule has 0 aliphatic carbocycles. The number of hydrogen-bond donors (Lipinski definition) is 1. The summed E-state index contributed by atoms with van der Waals surface area (Å²) < 4.78 is 0. The summed E-state index contributed by atoms with van der Waals surface area (Å²) in [5.41, 5.74) is 2.40. The topological polar surface area (TPSA) is 52.7 Å². The van der Waals surface area contributed by atoms with Gasteiger partial charge in [-0.15, -0.1) is 0 Å². The highest BCUT2D eigenvalue weighted by molar-refractivity contribution is 5.98. The van der Waals surface area contributed by atoms with E-state index in [-0.39, 0.29) is 18.0 Å². The van der Waals surface area contributed by atoms with Crippen LogP contribution in [-0.4, -0.2) is 47.9 Å². The maximum absolute atomic E-state index is 12.3.